The normalized spacial score (nSPS) is 11.8. The summed E-state index contributed by atoms with van der Waals surface area (Å²) in [6.07, 6.45) is 2.09. The van der Waals surface area contributed by atoms with E-state index in [1.54, 1.807) is 7.11 Å². The molecule has 0 radical (unpaired) electrons. The van der Waals surface area contributed by atoms with Gasteiger partial charge < -0.3 is 4.74 Å². The van der Waals surface area contributed by atoms with Gasteiger partial charge in [0.15, 0.2) is 0 Å². The van der Waals surface area contributed by atoms with E-state index in [-0.39, 0.29) is 0 Å². The Morgan fingerprint density at radius 2 is 1.67 bits per heavy atom. The van der Waals surface area contributed by atoms with E-state index in [1.165, 1.54) is 5.57 Å². The number of hydrogen-bond acceptors (Lipinski definition) is 1. The van der Waals surface area contributed by atoms with Gasteiger partial charge in [-0.3, -0.25) is 0 Å². The van der Waals surface area contributed by atoms with Crippen LogP contribution >= 0.6 is 0 Å². The summed E-state index contributed by atoms with van der Waals surface area (Å²) in [6, 6.07) is 0. The van der Waals surface area contributed by atoms with Gasteiger partial charge in [0.1, 0.15) is 5.76 Å². The van der Waals surface area contributed by atoms with Crippen molar-refractivity contribution in [2.45, 2.75) is 27.7 Å². The zero-order chi connectivity index (χ0) is 9.72. The summed E-state index contributed by atoms with van der Waals surface area (Å²) < 4.78 is 5.21. The standard InChI is InChI=1S/C11H18O/c1-8(2)7-10(5)11(12-6)9(3)4/h7H,3H2,1-2,4-6H3/b11-10+. The van der Waals surface area contributed by atoms with Crippen LogP contribution in [0.3, 0.4) is 0 Å². The van der Waals surface area contributed by atoms with Gasteiger partial charge in [0, 0.05) is 0 Å². The molecular weight excluding hydrogens is 148 g/mol. The van der Waals surface area contributed by atoms with Gasteiger partial charge in [0.25, 0.3) is 0 Å². The van der Waals surface area contributed by atoms with Crippen LogP contribution in [0.1, 0.15) is 27.7 Å². The van der Waals surface area contributed by atoms with Crippen LogP contribution in [0.5, 0.6) is 0 Å². The number of ether oxygens (including phenoxy) is 1. The summed E-state index contributed by atoms with van der Waals surface area (Å²) in [5.74, 6) is 0.885. The van der Waals surface area contributed by atoms with Gasteiger partial charge in [-0.15, -0.1) is 0 Å². The van der Waals surface area contributed by atoms with Crippen molar-refractivity contribution in [1.29, 1.82) is 0 Å². The van der Waals surface area contributed by atoms with Crippen LogP contribution in [0.2, 0.25) is 0 Å². The number of rotatable bonds is 3. The third-order valence-electron chi connectivity index (χ3n) is 1.46. The van der Waals surface area contributed by atoms with E-state index in [9.17, 15) is 0 Å². The molecule has 0 saturated heterocycles. The maximum Gasteiger partial charge on any atom is 0.124 e. The lowest BCUT2D eigenvalue weighted by molar-refractivity contribution is 0.297. The van der Waals surface area contributed by atoms with Gasteiger partial charge in [-0.05, 0) is 38.8 Å². The predicted octanol–water partition coefficient (Wildman–Crippen LogP) is 3.45. The molecule has 1 nitrogen and oxygen atoms in total. The maximum absolute atomic E-state index is 5.21. The third kappa shape index (κ3) is 3.42. The number of hydrogen-bond donors (Lipinski definition) is 0. The van der Waals surface area contributed by atoms with Crippen LogP contribution in [0.4, 0.5) is 0 Å². The Morgan fingerprint density at radius 1 is 1.17 bits per heavy atom. The van der Waals surface area contributed by atoms with Gasteiger partial charge >= 0.3 is 0 Å². The minimum absolute atomic E-state index is 0.885. The summed E-state index contributed by atoms with van der Waals surface area (Å²) in [7, 11) is 1.67. The van der Waals surface area contributed by atoms with Crippen molar-refractivity contribution in [2.75, 3.05) is 7.11 Å². The molecule has 0 fully saturated rings. The first-order valence-corrected chi connectivity index (χ1v) is 4.04. The lowest BCUT2D eigenvalue weighted by atomic mass is 10.1. The highest BCUT2D eigenvalue weighted by Gasteiger charge is 2.00. The highest BCUT2D eigenvalue weighted by atomic mass is 16.5. The molecule has 0 aliphatic heterocycles. The summed E-state index contributed by atoms with van der Waals surface area (Å²) in [4.78, 5) is 0. The lowest BCUT2D eigenvalue weighted by Crippen LogP contribution is -1.91. The SMILES string of the molecule is C=C(C)/C(OC)=C(/C)C=C(C)C. The van der Waals surface area contributed by atoms with Crippen molar-refractivity contribution in [1.82, 2.24) is 0 Å². The molecule has 0 spiro atoms. The molecule has 0 aliphatic rings. The molecule has 0 heterocycles. The van der Waals surface area contributed by atoms with Gasteiger partial charge in [-0.2, -0.15) is 0 Å². The summed E-state index contributed by atoms with van der Waals surface area (Å²) >= 11 is 0. The van der Waals surface area contributed by atoms with Crippen molar-refractivity contribution in [3.8, 4) is 0 Å². The van der Waals surface area contributed by atoms with Crippen LogP contribution < -0.4 is 0 Å². The minimum atomic E-state index is 0.885. The van der Waals surface area contributed by atoms with Gasteiger partial charge in [-0.25, -0.2) is 0 Å². The zero-order valence-electron chi connectivity index (χ0n) is 8.69. The molecule has 0 aromatic rings. The summed E-state index contributed by atoms with van der Waals surface area (Å²) in [5, 5.41) is 0. The molecule has 0 aromatic heterocycles. The second-order valence-corrected chi connectivity index (χ2v) is 3.22. The Labute approximate surface area is 75.4 Å². The Morgan fingerprint density at radius 3 is 1.92 bits per heavy atom. The highest BCUT2D eigenvalue weighted by Crippen LogP contribution is 2.15. The van der Waals surface area contributed by atoms with E-state index in [1.807, 2.05) is 13.8 Å². The van der Waals surface area contributed by atoms with E-state index in [0.717, 1.165) is 16.9 Å². The average molecular weight is 166 g/mol. The monoisotopic (exact) mass is 166 g/mol. The fourth-order valence-corrected chi connectivity index (χ4v) is 1.17. The van der Waals surface area contributed by atoms with Crippen LogP contribution in [0.15, 0.2) is 35.1 Å². The van der Waals surface area contributed by atoms with Crippen molar-refractivity contribution in [2.24, 2.45) is 0 Å². The van der Waals surface area contributed by atoms with E-state index in [2.05, 4.69) is 26.5 Å². The Bertz CT molecular complexity index is 227. The van der Waals surface area contributed by atoms with E-state index in [0.29, 0.717) is 0 Å². The average Bonchev–Trinajstić information content (AvgIpc) is 1.85. The van der Waals surface area contributed by atoms with E-state index >= 15 is 0 Å². The first-order chi connectivity index (χ1) is 5.49. The molecule has 0 N–H and O–H groups in total. The highest BCUT2D eigenvalue weighted by molar-refractivity contribution is 5.33. The minimum Gasteiger partial charge on any atom is -0.496 e. The number of methoxy groups -OCH3 is 1. The molecule has 1 heteroatoms. The number of allylic oxidation sites excluding steroid dienone is 4. The lowest BCUT2D eigenvalue weighted by Gasteiger charge is -2.07. The van der Waals surface area contributed by atoms with Crippen LogP contribution in [0, 0.1) is 0 Å². The fourth-order valence-electron chi connectivity index (χ4n) is 1.17. The van der Waals surface area contributed by atoms with Crippen molar-refractivity contribution >= 4 is 0 Å². The largest absolute Gasteiger partial charge is 0.496 e. The molecule has 0 rings (SSSR count). The van der Waals surface area contributed by atoms with Crippen LogP contribution in [-0.2, 0) is 4.74 Å². The van der Waals surface area contributed by atoms with Crippen molar-refractivity contribution in [3.63, 3.8) is 0 Å². The molecule has 0 aliphatic carbocycles. The maximum atomic E-state index is 5.21. The molecule has 0 atom stereocenters. The second-order valence-electron chi connectivity index (χ2n) is 3.22. The Balaban J connectivity index is 4.85. The zero-order valence-corrected chi connectivity index (χ0v) is 8.69. The van der Waals surface area contributed by atoms with Crippen LogP contribution in [-0.4, -0.2) is 7.11 Å². The molecule has 0 amide bonds. The topological polar surface area (TPSA) is 9.23 Å². The van der Waals surface area contributed by atoms with Crippen molar-refractivity contribution in [3.05, 3.63) is 35.1 Å². The van der Waals surface area contributed by atoms with Gasteiger partial charge in [0.05, 0.1) is 7.11 Å². The molecule has 0 aromatic carbocycles. The summed E-state index contributed by atoms with van der Waals surface area (Å²) in [5.41, 5.74) is 3.36. The molecule has 0 unspecified atom stereocenters. The Hall–Kier alpha value is -0.980. The van der Waals surface area contributed by atoms with Crippen molar-refractivity contribution < 1.29 is 4.74 Å². The predicted molar refractivity (Wildman–Crippen MR) is 54.0 cm³/mol. The summed E-state index contributed by atoms with van der Waals surface area (Å²) in [6.45, 7) is 11.9. The molecular formula is C11H18O. The molecule has 68 valence electrons. The Kier molecular flexibility index (Phi) is 4.42. The molecule has 0 saturated carbocycles. The first-order valence-electron chi connectivity index (χ1n) is 4.04. The van der Waals surface area contributed by atoms with Gasteiger partial charge in [-0.1, -0.05) is 18.2 Å². The molecule has 0 bridgehead atoms. The molecule has 12 heavy (non-hydrogen) atoms. The van der Waals surface area contributed by atoms with Crippen LogP contribution in [0.25, 0.3) is 0 Å². The smallest absolute Gasteiger partial charge is 0.124 e. The second kappa shape index (κ2) is 4.81. The van der Waals surface area contributed by atoms with E-state index in [4.69, 9.17) is 4.74 Å². The van der Waals surface area contributed by atoms with E-state index < -0.39 is 0 Å². The van der Waals surface area contributed by atoms with Gasteiger partial charge in [0.2, 0.25) is 0 Å². The third-order valence-corrected chi connectivity index (χ3v) is 1.46. The first kappa shape index (κ1) is 11.0. The fraction of sp³-hybridized carbons (Fsp3) is 0.455. The quantitative estimate of drug-likeness (QED) is 0.461.